The SMILES string of the molecule is COc1ccc(O)c(C(=O)NC(C)C(=O)NC(C)(C)C)c1. The van der Waals surface area contributed by atoms with Crippen molar-refractivity contribution in [1.29, 1.82) is 0 Å². The number of phenols is 1. The Kier molecular flexibility index (Phi) is 5.18. The number of hydrogen-bond acceptors (Lipinski definition) is 4. The molecule has 1 unspecified atom stereocenters. The van der Waals surface area contributed by atoms with Crippen LogP contribution in [0.25, 0.3) is 0 Å². The molecule has 0 spiro atoms. The number of benzene rings is 1. The highest BCUT2D eigenvalue weighted by atomic mass is 16.5. The summed E-state index contributed by atoms with van der Waals surface area (Å²) in [5, 5.41) is 15.0. The number of phenolic OH excluding ortho intramolecular Hbond substituents is 1. The molecule has 0 aliphatic heterocycles. The van der Waals surface area contributed by atoms with Crippen LogP contribution >= 0.6 is 0 Å². The van der Waals surface area contributed by atoms with E-state index in [2.05, 4.69) is 10.6 Å². The van der Waals surface area contributed by atoms with Crippen molar-refractivity contribution in [2.75, 3.05) is 7.11 Å². The van der Waals surface area contributed by atoms with Crippen molar-refractivity contribution in [3.05, 3.63) is 23.8 Å². The Morgan fingerprint density at radius 3 is 2.43 bits per heavy atom. The molecule has 0 radical (unpaired) electrons. The van der Waals surface area contributed by atoms with E-state index in [1.165, 1.54) is 19.2 Å². The number of amides is 2. The first-order valence-corrected chi connectivity index (χ1v) is 6.64. The summed E-state index contributed by atoms with van der Waals surface area (Å²) in [6, 6.07) is 3.61. The van der Waals surface area contributed by atoms with Gasteiger partial charge >= 0.3 is 0 Å². The lowest BCUT2D eigenvalue weighted by Crippen LogP contribution is -2.50. The fraction of sp³-hybridized carbons (Fsp3) is 0.467. The number of nitrogens with one attached hydrogen (secondary N) is 2. The van der Waals surface area contributed by atoms with E-state index in [0.717, 1.165) is 0 Å². The normalized spacial score (nSPS) is 12.4. The second-order valence-electron chi connectivity index (χ2n) is 5.82. The maximum absolute atomic E-state index is 12.1. The minimum Gasteiger partial charge on any atom is -0.507 e. The van der Waals surface area contributed by atoms with Gasteiger partial charge in [0.1, 0.15) is 17.5 Å². The first kappa shape index (κ1) is 16.8. The van der Waals surface area contributed by atoms with E-state index in [9.17, 15) is 14.7 Å². The lowest BCUT2D eigenvalue weighted by molar-refractivity contribution is -0.124. The Morgan fingerprint density at radius 1 is 1.29 bits per heavy atom. The van der Waals surface area contributed by atoms with Gasteiger partial charge in [-0.25, -0.2) is 0 Å². The van der Waals surface area contributed by atoms with Crippen LogP contribution in [0.3, 0.4) is 0 Å². The third kappa shape index (κ3) is 4.98. The van der Waals surface area contributed by atoms with Crippen molar-refractivity contribution < 1.29 is 19.4 Å². The summed E-state index contributed by atoms with van der Waals surface area (Å²) in [6.07, 6.45) is 0. The van der Waals surface area contributed by atoms with E-state index < -0.39 is 11.9 Å². The zero-order chi connectivity index (χ0) is 16.2. The van der Waals surface area contributed by atoms with Gasteiger partial charge in [0.05, 0.1) is 12.7 Å². The Balaban J connectivity index is 2.79. The van der Waals surface area contributed by atoms with Gasteiger partial charge in [0.2, 0.25) is 5.91 Å². The number of carbonyl (C=O) groups excluding carboxylic acids is 2. The monoisotopic (exact) mass is 294 g/mol. The highest BCUT2D eigenvalue weighted by molar-refractivity contribution is 5.99. The lowest BCUT2D eigenvalue weighted by Gasteiger charge is -2.23. The molecular formula is C15H22N2O4. The molecular weight excluding hydrogens is 272 g/mol. The van der Waals surface area contributed by atoms with Crippen LogP contribution < -0.4 is 15.4 Å². The van der Waals surface area contributed by atoms with Crippen LogP contribution in [0.15, 0.2) is 18.2 Å². The summed E-state index contributed by atoms with van der Waals surface area (Å²) in [6.45, 7) is 7.14. The predicted octanol–water partition coefficient (Wildman–Crippen LogP) is 1.43. The van der Waals surface area contributed by atoms with Crippen LogP contribution in [0.4, 0.5) is 0 Å². The summed E-state index contributed by atoms with van der Waals surface area (Å²) >= 11 is 0. The van der Waals surface area contributed by atoms with Gasteiger partial charge < -0.3 is 20.5 Å². The summed E-state index contributed by atoms with van der Waals surface area (Å²) in [5.41, 5.74) is -0.321. The van der Waals surface area contributed by atoms with Crippen molar-refractivity contribution in [3.8, 4) is 11.5 Å². The highest BCUT2D eigenvalue weighted by Crippen LogP contribution is 2.22. The molecule has 0 aliphatic rings. The quantitative estimate of drug-likeness (QED) is 0.784. The average Bonchev–Trinajstić information content (AvgIpc) is 2.37. The summed E-state index contributed by atoms with van der Waals surface area (Å²) < 4.78 is 5.01. The Hall–Kier alpha value is -2.24. The van der Waals surface area contributed by atoms with Crippen LogP contribution in [0.2, 0.25) is 0 Å². The van der Waals surface area contributed by atoms with Gasteiger partial charge in [0.15, 0.2) is 0 Å². The van der Waals surface area contributed by atoms with Crippen LogP contribution in [0, 0.1) is 0 Å². The van der Waals surface area contributed by atoms with E-state index in [4.69, 9.17) is 4.74 Å². The molecule has 2 amide bonds. The molecule has 0 saturated carbocycles. The van der Waals surface area contributed by atoms with Crippen LogP contribution in [-0.2, 0) is 4.79 Å². The van der Waals surface area contributed by atoms with Crippen molar-refractivity contribution in [3.63, 3.8) is 0 Å². The molecule has 0 heterocycles. The molecule has 3 N–H and O–H groups in total. The molecule has 1 aromatic rings. The highest BCUT2D eigenvalue weighted by Gasteiger charge is 2.22. The number of hydrogen-bond donors (Lipinski definition) is 3. The van der Waals surface area contributed by atoms with Crippen molar-refractivity contribution in [2.45, 2.75) is 39.3 Å². The zero-order valence-corrected chi connectivity index (χ0v) is 13.0. The largest absolute Gasteiger partial charge is 0.507 e. The molecule has 0 aromatic heterocycles. The molecule has 0 aliphatic carbocycles. The van der Waals surface area contributed by atoms with Crippen molar-refractivity contribution in [1.82, 2.24) is 10.6 Å². The van der Waals surface area contributed by atoms with Crippen LogP contribution in [-0.4, -0.2) is 35.6 Å². The van der Waals surface area contributed by atoms with Gasteiger partial charge in [-0.3, -0.25) is 9.59 Å². The molecule has 6 nitrogen and oxygen atoms in total. The van der Waals surface area contributed by atoms with Gasteiger partial charge in [0, 0.05) is 5.54 Å². The smallest absolute Gasteiger partial charge is 0.255 e. The number of carbonyl (C=O) groups is 2. The Labute approximate surface area is 124 Å². The van der Waals surface area contributed by atoms with E-state index >= 15 is 0 Å². The van der Waals surface area contributed by atoms with E-state index in [-0.39, 0.29) is 22.8 Å². The molecule has 1 aromatic carbocycles. The van der Waals surface area contributed by atoms with E-state index in [0.29, 0.717) is 5.75 Å². The molecule has 0 saturated heterocycles. The van der Waals surface area contributed by atoms with Crippen molar-refractivity contribution in [2.24, 2.45) is 0 Å². The van der Waals surface area contributed by atoms with Crippen LogP contribution in [0.1, 0.15) is 38.1 Å². The minimum absolute atomic E-state index is 0.0600. The fourth-order valence-corrected chi connectivity index (χ4v) is 1.64. The van der Waals surface area contributed by atoms with Gasteiger partial charge in [-0.15, -0.1) is 0 Å². The summed E-state index contributed by atoms with van der Waals surface area (Å²) in [7, 11) is 1.47. The maximum atomic E-state index is 12.1. The molecule has 1 atom stereocenters. The minimum atomic E-state index is -0.720. The number of methoxy groups -OCH3 is 1. The molecule has 116 valence electrons. The second kappa shape index (κ2) is 6.47. The van der Waals surface area contributed by atoms with Gasteiger partial charge in [-0.05, 0) is 45.9 Å². The fourth-order valence-electron chi connectivity index (χ4n) is 1.64. The van der Waals surface area contributed by atoms with E-state index in [1.807, 2.05) is 20.8 Å². The summed E-state index contributed by atoms with van der Waals surface area (Å²) in [4.78, 5) is 24.0. The Bertz CT molecular complexity index is 535. The number of rotatable bonds is 4. The zero-order valence-electron chi connectivity index (χ0n) is 13.0. The van der Waals surface area contributed by atoms with Gasteiger partial charge in [-0.1, -0.05) is 0 Å². The third-order valence-corrected chi connectivity index (χ3v) is 2.69. The lowest BCUT2D eigenvalue weighted by atomic mass is 10.1. The molecule has 21 heavy (non-hydrogen) atoms. The first-order valence-electron chi connectivity index (χ1n) is 6.64. The van der Waals surface area contributed by atoms with Crippen molar-refractivity contribution >= 4 is 11.8 Å². The van der Waals surface area contributed by atoms with Gasteiger partial charge in [-0.2, -0.15) is 0 Å². The molecule has 1 rings (SSSR count). The third-order valence-electron chi connectivity index (χ3n) is 2.69. The summed E-state index contributed by atoms with van der Waals surface area (Å²) in [5.74, 6) is -0.553. The van der Waals surface area contributed by atoms with Gasteiger partial charge in [0.25, 0.3) is 5.91 Å². The van der Waals surface area contributed by atoms with Crippen LogP contribution in [0.5, 0.6) is 11.5 Å². The standard InChI is InChI=1S/C15H22N2O4/c1-9(13(19)17-15(2,3)4)16-14(20)11-8-10(21-5)6-7-12(11)18/h6-9,18H,1-5H3,(H,16,20)(H,17,19). The Morgan fingerprint density at radius 2 is 1.90 bits per heavy atom. The average molecular weight is 294 g/mol. The predicted molar refractivity (Wildman–Crippen MR) is 79.5 cm³/mol. The maximum Gasteiger partial charge on any atom is 0.255 e. The molecule has 6 heteroatoms. The first-order chi connectivity index (χ1) is 9.64. The topological polar surface area (TPSA) is 87.7 Å². The van der Waals surface area contributed by atoms with E-state index in [1.54, 1.807) is 13.0 Å². The molecule has 0 fully saturated rings. The molecule has 0 bridgehead atoms. The number of aromatic hydroxyl groups is 1. The second-order valence-corrected chi connectivity index (χ2v) is 5.82. The number of ether oxygens (including phenoxy) is 1.